The van der Waals surface area contributed by atoms with Crippen molar-refractivity contribution >= 4 is 5.91 Å². The SMILES string of the molecule is C[C@@H](Cc1ccccc1F)N1CC[C@@]2(CCc3ccccc3C(=O)N2)C1. The van der Waals surface area contributed by atoms with Crippen LogP contribution in [0.15, 0.2) is 48.5 Å². The highest BCUT2D eigenvalue weighted by atomic mass is 19.1. The first-order valence-electron chi connectivity index (χ1n) is 9.44. The first-order valence-corrected chi connectivity index (χ1v) is 9.44. The van der Waals surface area contributed by atoms with E-state index in [2.05, 4.69) is 23.2 Å². The van der Waals surface area contributed by atoms with Crippen LogP contribution in [0.25, 0.3) is 0 Å². The second-order valence-corrected chi connectivity index (χ2v) is 7.76. The van der Waals surface area contributed by atoms with E-state index in [4.69, 9.17) is 0 Å². The highest BCUT2D eigenvalue weighted by molar-refractivity contribution is 5.96. The lowest BCUT2D eigenvalue weighted by Gasteiger charge is -2.31. The summed E-state index contributed by atoms with van der Waals surface area (Å²) in [5.41, 5.74) is 2.54. The number of benzene rings is 2. The van der Waals surface area contributed by atoms with Crippen LogP contribution in [0.1, 0.15) is 41.3 Å². The molecule has 0 unspecified atom stereocenters. The number of carbonyl (C=O) groups is 1. The molecule has 136 valence electrons. The van der Waals surface area contributed by atoms with Crippen LogP contribution in [-0.4, -0.2) is 35.5 Å². The zero-order valence-electron chi connectivity index (χ0n) is 15.2. The lowest BCUT2D eigenvalue weighted by Crippen LogP contribution is -2.50. The lowest BCUT2D eigenvalue weighted by molar-refractivity contribution is 0.0899. The average molecular weight is 352 g/mol. The molecule has 0 saturated carbocycles. The molecule has 2 heterocycles. The molecule has 1 fully saturated rings. The van der Waals surface area contributed by atoms with Crippen molar-refractivity contribution < 1.29 is 9.18 Å². The van der Waals surface area contributed by atoms with E-state index < -0.39 is 0 Å². The number of nitrogens with zero attached hydrogens (tertiary/aromatic N) is 1. The minimum Gasteiger partial charge on any atom is -0.345 e. The van der Waals surface area contributed by atoms with Gasteiger partial charge in [0.05, 0.1) is 5.54 Å². The fraction of sp³-hybridized carbons (Fsp3) is 0.409. The molecule has 2 atom stereocenters. The van der Waals surface area contributed by atoms with Gasteiger partial charge in [0, 0.05) is 24.7 Å². The minimum absolute atomic E-state index is 0.0432. The fourth-order valence-corrected chi connectivity index (χ4v) is 4.40. The highest BCUT2D eigenvalue weighted by Crippen LogP contribution is 2.32. The standard InChI is InChI=1S/C22H25FN2O/c1-16(14-18-7-3-5-9-20(18)23)25-13-12-22(15-25)11-10-17-6-2-4-8-19(17)21(26)24-22/h2-9,16H,10-15H2,1H3,(H,24,26)/t16-,22-/m0/s1. The van der Waals surface area contributed by atoms with Crippen molar-refractivity contribution in [2.45, 2.75) is 44.2 Å². The van der Waals surface area contributed by atoms with E-state index >= 15 is 0 Å². The topological polar surface area (TPSA) is 32.3 Å². The molecule has 0 aromatic heterocycles. The van der Waals surface area contributed by atoms with Gasteiger partial charge >= 0.3 is 0 Å². The normalized spacial score (nSPS) is 24.2. The zero-order chi connectivity index (χ0) is 18.1. The third kappa shape index (κ3) is 3.26. The summed E-state index contributed by atoms with van der Waals surface area (Å²) in [6.07, 6.45) is 3.52. The Hall–Kier alpha value is -2.20. The molecule has 2 aliphatic heterocycles. The molecule has 4 heteroatoms. The lowest BCUT2D eigenvalue weighted by atomic mass is 9.91. The van der Waals surface area contributed by atoms with Crippen LogP contribution in [0.5, 0.6) is 0 Å². The summed E-state index contributed by atoms with van der Waals surface area (Å²) in [6.45, 7) is 3.92. The third-order valence-corrected chi connectivity index (χ3v) is 5.99. The van der Waals surface area contributed by atoms with Gasteiger partial charge in [-0.05, 0) is 55.9 Å². The molecular formula is C22H25FN2O. The number of fused-ring (bicyclic) bond motifs is 1. The molecule has 0 radical (unpaired) electrons. The number of hydrogen-bond donors (Lipinski definition) is 1. The summed E-state index contributed by atoms with van der Waals surface area (Å²) in [4.78, 5) is 15.1. The van der Waals surface area contributed by atoms with Gasteiger partial charge in [0.1, 0.15) is 5.82 Å². The van der Waals surface area contributed by atoms with Gasteiger partial charge in [0.25, 0.3) is 5.91 Å². The van der Waals surface area contributed by atoms with E-state index in [-0.39, 0.29) is 23.3 Å². The molecule has 1 amide bonds. The van der Waals surface area contributed by atoms with Crippen molar-refractivity contribution in [1.82, 2.24) is 10.2 Å². The van der Waals surface area contributed by atoms with Gasteiger partial charge in [0.15, 0.2) is 0 Å². The van der Waals surface area contributed by atoms with Gasteiger partial charge in [-0.15, -0.1) is 0 Å². The van der Waals surface area contributed by atoms with Crippen molar-refractivity contribution in [3.8, 4) is 0 Å². The van der Waals surface area contributed by atoms with Gasteiger partial charge in [-0.3, -0.25) is 9.69 Å². The van der Waals surface area contributed by atoms with E-state index in [9.17, 15) is 9.18 Å². The number of rotatable bonds is 3. The number of likely N-dealkylation sites (tertiary alicyclic amines) is 1. The molecule has 1 saturated heterocycles. The zero-order valence-corrected chi connectivity index (χ0v) is 15.2. The Bertz CT molecular complexity index is 821. The van der Waals surface area contributed by atoms with Crippen LogP contribution in [-0.2, 0) is 12.8 Å². The van der Waals surface area contributed by atoms with Crippen molar-refractivity contribution in [1.29, 1.82) is 0 Å². The quantitative estimate of drug-likeness (QED) is 0.916. The van der Waals surface area contributed by atoms with Gasteiger partial charge in [-0.2, -0.15) is 0 Å². The van der Waals surface area contributed by atoms with E-state index in [0.717, 1.165) is 49.0 Å². The summed E-state index contributed by atoms with van der Waals surface area (Å²) >= 11 is 0. The maximum atomic E-state index is 14.0. The Labute approximate surface area is 154 Å². The second-order valence-electron chi connectivity index (χ2n) is 7.76. The Balaban J connectivity index is 1.46. The molecule has 2 aliphatic rings. The maximum Gasteiger partial charge on any atom is 0.252 e. The molecule has 3 nitrogen and oxygen atoms in total. The van der Waals surface area contributed by atoms with Gasteiger partial charge in [-0.25, -0.2) is 4.39 Å². The van der Waals surface area contributed by atoms with Gasteiger partial charge < -0.3 is 5.32 Å². The molecule has 1 N–H and O–H groups in total. The predicted molar refractivity (Wildman–Crippen MR) is 101 cm³/mol. The summed E-state index contributed by atoms with van der Waals surface area (Å²) < 4.78 is 14.0. The monoisotopic (exact) mass is 352 g/mol. The largest absolute Gasteiger partial charge is 0.345 e. The third-order valence-electron chi connectivity index (χ3n) is 5.99. The molecule has 4 rings (SSSR count). The van der Waals surface area contributed by atoms with Crippen LogP contribution < -0.4 is 5.32 Å². The first-order chi connectivity index (χ1) is 12.6. The number of carbonyl (C=O) groups excluding carboxylic acids is 1. The Kier molecular flexibility index (Phi) is 4.53. The van der Waals surface area contributed by atoms with Crippen molar-refractivity contribution in [2.75, 3.05) is 13.1 Å². The average Bonchev–Trinajstić information content (AvgIpc) is 3.00. The highest BCUT2D eigenvalue weighted by Gasteiger charge is 2.42. The minimum atomic E-state index is -0.167. The van der Waals surface area contributed by atoms with Crippen LogP contribution in [0.3, 0.4) is 0 Å². The first kappa shape index (κ1) is 17.2. The second kappa shape index (κ2) is 6.84. The van der Waals surface area contributed by atoms with E-state index in [1.807, 2.05) is 30.3 Å². The van der Waals surface area contributed by atoms with Crippen LogP contribution in [0, 0.1) is 5.82 Å². The van der Waals surface area contributed by atoms with Crippen LogP contribution in [0.4, 0.5) is 4.39 Å². The van der Waals surface area contributed by atoms with Crippen LogP contribution >= 0.6 is 0 Å². The predicted octanol–water partition coefficient (Wildman–Crippen LogP) is 3.58. The Morgan fingerprint density at radius 3 is 2.77 bits per heavy atom. The van der Waals surface area contributed by atoms with E-state index in [1.165, 1.54) is 6.07 Å². The molecule has 26 heavy (non-hydrogen) atoms. The number of hydrogen-bond acceptors (Lipinski definition) is 2. The number of aryl methyl sites for hydroxylation is 1. The van der Waals surface area contributed by atoms with Crippen molar-refractivity contribution in [3.63, 3.8) is 0 Å². The maximum absolute atomic E-state index is 14.0. The summed E-state index contributed by atoms with van der Waals surface area (Å²) in [6, 6.07) is 15.1. The molecular weight excluding hydrogens is 327 g/mol. The van der Waals surface area contributed by atoms with Crippen molar-refractivity contribution in [2.24, 2.45) is 0 Å². The number of nitrogens with one attached hydrogen (secondary N) is 1. The Morgan fingerprint density at radius 2 is 1.92 bits per heavy atom. The van der Waals surface area contributed by atoms with Gasteiger partial charge in [0.2, 0.25) is 0 Å². The van der Waals surface area contributed by atoms with Gasteiger partial charge in [-0.1, -0.05) is 36.4 Å². The Morgan fingerprint density at radius 1 is 1.15 bits per heavy atom. The number of amides is 1. The number of halogens is 1. The molecule has 1 spiro atoms. The fourth-order valence-electron chi connectivity index (χ4n) is 4.40. The smallest absolute Gasteiger partial charge is 0.252 e. The van der Waals surface area contributed by atoms with E-state index in [0.29, 0.717) is 6.42 Å². The summed E-state index contributed by atoms with van der Waals surface area (Å²) in [5, 5.41) is 3.32. The molecule has 2 aromatic carbocycles. The summed E-state index contributed by atoms with van der Waals surface area (Å²) in [7, 11) is 0. The summed E-state index contributed by atoms with van der Waals surface area (Å²) in [5.74, 6) is -0.0896. The van der Waals surface area contributed by atoms with Crippen molar-refractivity contribution in [3.05, 3.63) is 71.0 Å². The van der Waals surface area contributed by atoms with Crippen LogP contribution in [0.2, 0.25) is 0 Å². The van der Waals surface area contributed by atoms with E-state index in [1.54, 1.807) is 6.07 Å². The molecule has 2 aromatic rings. The molecule has 0 bridgehead atoms. The molecule has 0 aliphatic carbocycles.